The summed E-state index contributed by atoms with van der Waals surface area (Å²) in [4.78, 5) is 6.56. The van der Waals surface area contributed by atoms with Gasteiger partial charge in [-0.3, -0.25) is 0 Å². The van der Waals surface area contributed by atoms with E-state index in [1.54, 1.807) is 12.3 Å². The Kier molecular flexibility index (Phi) is 4.66. The first-order valence-corrected chi connectivity index (χ1v) is 8.10. The minimum Gasteiger partial charge on any atom is -0.384 e. The van der Waals surface area contributed by atoms with Gasteiger partial charge in [0.05, 0.1) is 17.0 Å². The van der Waals surface area contributed by atoms with E-state index in [0.29, 0.717) is 11.4 Å². The lowest BCUT2D eigenvalue weighted by molar-refractivity contribution is 0.291. The van der Waals surface area contributed by atoms with Gasteiger partial charge >= 0.3 is 0 Å². The monoisotopic (exact) mass is 319 g/mol. The number of nitrogens with two attached hydrogens (primary N) is 1. The second-order valence-electron chi connectivity index (χ2n) is 5.87. The van der Waals surface area contributed by atoms with Crippen LogP contribution in [0.3, 0.4) is 0 Å². The van der Waals surface area contributed by atoms with Crippen LogP contribution in [0.2, 0.25) is 0 Å². The second-order valence-corrected chi connectivity index (χ2v) is 5.87. The topological polar surface area (TPSA) is 78.0 Å². The van der Waals surface area contributed by atoms with Crippen molar-refractivity contribution in [1.82, 2.24) is 15.2 Å². The van der Waals surface area contributed by atoms with Crippen LogP contribution in [0.4, 0.5) is 5.82 Å². The van der Waals surface area contributed by atoms with E-state index in [1.165, 1.54) is 25.5 Å². The third-order valence-electron chi connectivity index (χ3n) is 4.31. The van der Waals surface area contributed by atoms with Crippen LogP contribution < -0.4 is 11.1 Å². The molecular weight excluding hydrogens is 298 g/mol. The number of likely N-dealkylation sites (tertiary alicyclic amines) is 1. The van der Waals surface area contributed by atoms with Gasteiger partial charge in [-0.1, -0.05) is 5.92 Å². The van der Waals surface area contributed by atoms with Crippen LogP contribution in [0, 0.1) is 17.8 Å². The maximum Gasteiger partial charge on any atom is 0.123 e. The Balaban J connectivity index is 2.04. The molecule has 0 atom stereocenters. The largest absolute Gasteiger partial charge is 0.384 e. The highest BCUT2D eigenvalue weighted by Gasteiger charge is 2.20. The zero-order chi connectivity index (χ0) is 16.9. The molecule has 5 nitrogen and oxygen atoms in total. The first kappa shape index (κ1) is 15.9. The molecule has 0 aromatic carbocycles. The second kappa shape index (κ2) is 7.05. The lowest BCUT2D eigenvalue weighted by Gasteiger charge is -2.32. The summed E-state index contributed by atoms with van der Waals surface area (Å²) in [6, 6.07) is 3.69. The highest BCUT2D eigenvalue weighted by molar-refractivity contribution is 5.93. The summed E-state index contributed by atoms with van der Waals surface area (Å²) in [5.41, 5.74) is 9.94. The summed E-state index contributed by atoms with van der Waals surface area (Å²) in [6.07, 6.45) is 16.3. The Labute approximate surface area is 142 Å². The van der Waals surface area contributed by atoms with Crippen LogP contribution in [0.1, 0.15) is 24.8 Å². The molecule has 2 aliphatic rings. The summed E-state index contributed by atoms with van der Waals surface area (Å²) in [5, 5.41) is 10.9. The minimum atomic E-state index is 0.477. The number of pyridine rings is 1. The SMILES string of the molecule is C#C/C(C=N)=C1/NC=C(N2CCCCC2)C=C1c1ccc(N)nc1. The summed E-state index contributed by atoms with van der Waals surface area (Å²) in [7, 11) is 0. The average Bonchev–Trinajstić information content (AvgIpc) is 2.64. The Morgan fingerprint density at radius 1 is 1.33 bits per heavy atom. The van der Waals surface area contributed by atoms with Crippen LogP contribution in [0.5, 0.6) is 0 Å². The van der Waals surface area contributed by atoms with Crippen molar-refractivity contribution in [3.05, 3.63) is 53.1 Å². The van der Waals surface area contributed by atoms with Gasteiger partial charge in [-0.25, -0.2) is 4.98 Å². The highest BCUT2D eigenvalue weighted by atomic mass is 15.1. The van der Waals surface area contributed by atoms with Gasteiger partial charge in [-0.05, 0) is 37.5 Å². The van der Waals surface area contributed by atoms with Gasteiger partial charge in [0, 0.05) is 42.8 Å². The first-order valence-electron chi connectivity index (χ1n) is 8.10. The molecule has 1 aromatic rings. The molecule has 122 valence electrons. The first-order chi connectivity index (χ1) is 11.7. The van der Waals surface area contributed by atoms with Crippen molar-refractivity contribution in [1.29, 1.82) is 5.41 Å². The van der Waals surface area contributed by atoms with E-state index >= 15 is 0 Å². The molecule has 3 heterocycles. The summed E-state index contributed by atoms with van der Waals surface area (Å²) < 4.78 is 0. The molecule has 0 aliphatic carbocycles. The Morgan fingerprint density at radius 3 is 2.75 bits per heavy atom. The van der Waals surface area contributed by atoms with Gasteiger partial charge in [0.1, 0.15) is 5.82 Å². The van der Waals surface area contributed by atoms with Crippen LogP contribution in [-0.4, -0.2) is 29.2 Å². The fourth-order valence-corrected chi connectivity index (χ4v) is 3.02. The summed E-state index contributed by atoms with van der Waals surface area (Å²) in [5.74, 6) is 3.05. The maximum absolute atomic E-state index is 7.57. The fourth-order valence-electron chi connectivity index (χ4n) is 3.02. The Bertz CT molecular complexity index is 756. The molecule has 4 N–H and O–H groups in total. The molecule has 0 saturated carbocycles. The van der Waals surface area contributed by atoms with Gasteiger partial charge in [0.15, 0.2) is 0 Å². The van der Waals surface area contributed by atoms with E-state index < -0.39 is 0 Å². The molecular formula is C19H21N5. The van der Waals surface area contributed by atoms with E-state index in [-0.39, 0.29) is 0 Å². The van der Waals surface area contributed by atoms with Crippen molar-refractivity contribution in [3.63, 3.8) is 0 Å². The van der Waals surface area contributed by atoms with Gasteiger partial charge in [-0.2, -0.15) is 0 Å². The normalized spacial score (nSPS) is 19.5. The van der Waals surface area contributed by atoms with Crippen molar-refractivity contribution in [2.75, 3.05) is 18.8 Å². The smallest absolute Gasteiger partial charge is 0.123 e. The third kappa shape index (κ3) is 3.18. The molecule has 3 rings (SSSR count). The van der Waals surface area contributed by atoms with E-state index in [4.69, 9.17) is 17.6 Å². The molecule has 1 saturated heterocycles. The van der Waals surface area contributed by atoms with Crippen LogP contribution in [0.15, 0.2) is 47.6 Å². The minimum absolute atomic E-state index is 0.477. The Hall–Kier alpha value is -3.00. The molecule has 0 amide bonds. The van der Waals surface area contributed by atoms with Crippen molar-refractivity contribution in [3.8, 4) is 12.3 Å². The number of aromatic nitrogens is 1. The number of hydrogen-bond acceptors (Lipinski definition) is 5. The van der Waals surface area contributed by atoms with Crippen LogP contribution in [-0.2, 0) is 0 Å². The molecule has 1 fully saturated rings. The molecule has 0 spiro atoms. The number of nitrogen functional groups attached to an aromatic ring is 1. The van der Waals surface area contributed by atoms with Crippen molar-refractivity contribution >= 4 is 17.6 Å². The molecule has 5 heteroatoms. The quantitative estimate of drug-likeness (QED) is 0.591. The number of terminal acetylenes is 1. The lowest BCUT2D eigenvalue weighted by atomic mass is 9.97. The van der Waals surface area contributed by atoms with E-state index in [2.05, 4.69) is 27.2 Å². The van der Waals surface area contributed by atoms with E-state index in [0.717, 1.165) is 35.6 Å². The number of dihydropyridines is 1. The Morgan fingerprint density at radius 2 is 2.12 bits per heavy atom. The number of nitrogens with zero attached hydrogens (tertiary/aromatic N) is 2. The predicted molar refractivity (Wildman–Crippen MR) is 97.9 cm³/mol. The van der Waals surface area contributed by atoms with Gasteiger partial charge in [-0.15, -0.1) is 6.42 Å². The van der Waals surface area contributed by atoms with Gasteiger partial charge < -0.3 is 21.4 Å². The van der Waals surface area contributed by atoms with E-state index in [9.17, 15) is 0 Å². The molecule has 0 unspecified atom stereocenters. The lowest BCUT2D eigenvalue weighted by Crippen LogP contribution is -2.31. The summed E-state index contributed by atoms with van der Waals surface area (Å²) in [6.45, 7) is 2.12. The molecule has 2 aliphatic heterocycles. The summed E-state index contributed by atoms with van der Waals surface area (Å²) >= 11 is 0. The fraction of sp³-hybridized carbons (Fsp3) is 0.263. The predicted octanol–water partition coefficient (Wildman–Crippen LogP) is 2.51. The number of nitrogens with one attached hydrogen (secondary N) is 2. The standard InChI is InChI=1S/C19H21N5/c1-2-14(11-20)19-17(15-6-7-18(21)22-12-15)10-16(13-23-19)24-8-4-3-5-9-24/h1,6-7,10-13,20,23H,3-5,8-9H2,(H2,21,22)/b19-14-,20-11?. The van der Waals surface area contributed by atoms with E-state index in [1.807, 2.05) is 12.3 Å². The van der Waals surface area contributed by atoms with Gasteiger partial charge in [0.25, 0.3) is 0 Å². The van der Waals surface area contributed by atoms with Crippen molar-refractivity contribution in [2.24, 2.45) is 0 Å². The van der Waals surface area contributed by atoms with Gasteiger partial charge in [0.2, 0.25) is 0 Å². The number of piperidine rings is 1. The molecule has 0 radical (unpaired) electrons. The zero-order valence-electron chi connectivity index (χ0n) is 13.5. The van der Waals surface area contributed by atoms with Crippen LogP contribution >= 0.6 is 0 Å². The zero-order valence-corrected chi connectivity index (χ0v) is 13.5. The van der Waals surface area contributed by atoms with Crippen LogP contribution in [0.25, 0.3) is 5.57 Å². The van der Waals surface area contributed by atoms with Crippen molar-refractivity contribution in [2.45, 2.75) is 19.3 Å². The van der Waals surface area contributed by atoms with Crippen molar-refractivity contribution < 1.29 is 0 Å². The third-order valence-corrected chi connectivity index (χ3v) is 4.31. The highest BCUT2D eigenvalue weighted by Crippen LogP contribution is 2.30. The average molecular weight is 319 g/mol. The number of anilines is 1. The number of rotatable bonds is 3. The molecule has 0 bridgehead atoms. The number of hydrogen-bond donors (Lipinski definition) is 3. The number of allylic oxidation sites excluding steroid dienone is 3. The maximum atomic E-state index is 7.57. The molecule has 1 aromatic heterocycles. The molecule has 24 heavy (non-hydrogen) atoms.